The third-order valence-electron chi connectivity index (χ3n) is 7.61. The van der Waals surface area contributed by atoms with Crippen molar-refractivity contribution in [1.82, 2.24) is 4.72 Å². The largest absolute Gasteiger partial charge is 0.454 e. The van der Waals surface area contributed by atoms with Crippen LogP contribution in [0.4, 0.5) is 5.69 Å². The standard InChI is InChI=1S/C29H30N2O6S.H2/c1-19-4-8-22(31-28(32)29(12-13-29)21-7-11-26-27(15-21)37-18-36-26)16-25(19)20-5-9-24(10-6-20)38(33,34)30-17-23-3-2-14-35-23;/h4-11,15-16,23,30H,2-3,12-14,17-18H2,1H3,(H,31,32);1H/t23-;/m1./s1. The van der Waals surface area contributed by atoms with E-state index < -0.39 is 15.4 Å². The Balaban J connectivity index is 0.00000308. The highest BCUT2D eigenvalue weighted by molar-refractivity contribution is 7.89. The first-order valence-corrected chi connectivity index (χ1v) is 14.4. The van der Waals surface area contributed by atoms with Crippen LogP contribution < -0.4 is 19.5 Å². The predicted octanol–water partition coefficient (Wildman–Crippen LogP) is 4.76. The molecule has 0 radical (unpaired) electrons. The number of anilines is 1. The Morgan fingerprint density at radius 1 is 1.03 bits per heavy atom. The van der Waals surface area contributed by atoms with Gasteiger partial charge in [0, 0.05) is 20.3 Å². The third kappa shape index (κ3) is 4.77. The lowest BCUT2D eigenvalue weighted by molar-refractivity contribution is -0.118. The Kier molecular flexibility index (Phi) is 6.37. The molecule has 1 amide bonds. The van der Waals surface area contributed by atoms with E-state index in [-0.39, 0.29) is 31.7 Å². The monoisotopic (exact) mass is 536 g/mol. The highest BCUT2D eigenvalue weighted by Crippen LogP contribution is 2.51. The lowest BCUT2D eigenvalue weighted by atomic mass is 9.94. The van der Waals surface area contributed by atoms with Crippen LogP contribution in [0.2, 0.25) is 0 Å². The van der Waals surface area contributed by atoms with Crippen LogP contribution in [-0.4, -0.2) is 40.4 Å². The zero-order valence-corrected chi connectivity index (χ0v) is 22.0. The van der Waals surface area contributed by atoms with Crippen molar-refractivity contribution in [3.05, 3.63) is 71.8 Å². The summed E-state index contributed by atoms with van der Waals surface area (Å²) >= 11 is 0. The molecule has 1 aliphatic carbocycles. The Morgan fingerprint density at radius 2 is 1.82 bits per heavy atom. The Bertz CT molecular complexity index is 1480. The second-order valence-corrected chi connectivity index (χ2v) is 11.9. The van der Waals surface area contributed by atoms with Gasteiger partial charge in [0.1, 0.15) is 0 Å². The maximum absolute atomic E-state index is 13.4. The fourth-order valence-electron chi connectivity index (χ4n) is 5.13. The number of aryl methyl sites for hydroxylation is 1. The van der Waals surface area contributed by atoms with Gasteiger partial charge in [-0.1, -0.05) is 24.3 Å². The van der Waals surface area contributed by atoms with Gasteiger partial charge in [0.05, 0.1) is 16.4 Å². The number of benzene rings is 3. The van der Waals surface area contributed by atoms with Gasteiger partial charge in [-0.3, -0.25) is 4.79 Å². The molecule has 0 bridgehead atoms. The maximum Gasteiger partial charge on any atom is 0.240 e. The average molecular weight is 537 g/mol. The molecule has 2 aliphatic heterocycles. The molecule has 3 aliphatic rings. The minimum absolute atomic E-state index is 0. The Labute approximate surface area is 223 Å². The molecule has 1 atom stereocenters. The summed E-state index contributed by atoms with van der Waals surface area (Å²) in [6, 6.07) is 18.3. The Hall–Kier alpha value is -3.40. The summed E-state index contributed by atoms with van der Waals surface area (Å²) in [5, 5.41) is 3.10. The van der Waals surface area contributed by atoms with Gasteiger partial charge in [-0.25, -0.2) is 13.1 Å². The van der Waals surface area contributed by atoms with E-state index in [2.05, 4.69) is 10.0 Å². The molecule has 0 unspecified atom stereocenters. The quantitative estimate of drug-likeness (QED) is 0.430. The zero-order chi connectivity index (χ0) is 26.3. The minimum Gasteiger partial charge on any atom is -0.454 e. The van der Waals surface area contributed by atoms with Gasteiger partial charge >= 0.3 is 0 Å². The van der Waals surface area contributed by atoms with Crippen molar-refractivity contribution in [3.8, 4) is 22.6 Å². The highest BCUT2D eigenvalue weighted by atomic mass is 32.2. The number of amides is 1. The van der Waals surface area contributed by atoms with E-state index in [0.29, 0.717) is 23.8 Å². The molecule has 6 rings (SSSR count). The summed E-state index contributed by atoms with van der Waals surface area (Å²) in [6.45, 7) is 3.14. The van der Waals surface area contributed by atoms with Crippen molar-refractivity contribution in [2.45, 2.75) is 49.0 Å². The summed E-state index contributed by atoms with van der Waals surface area (Å²) in [7, 11) is -3.62. The number of carbonyl (C=O) groups is 1. The van der Waals surface area contributed by atoms with E-state index in [9.17, 15) is 13.2 Å². The van der Waals surface area contributed by atoms with Crippen molar-refractivity contribution in [3.63, 3.8) is 0 Å². The van der Waals surface area contributed by atoms with Gasteiger partial charge in [0.25, 0.3) is 0 Å². The van der Waals surface area contributed by atoms with Crippen molar-refractivity contribution in [1.29, 1.82) is 0 Å². The molecule has 0 spiro atoms. The molecular weight excluding hydrogens is 504 g/mol. The van der Waals surface area contributed by atoms with Crippen LogP contribution in [0.5, 0.6) is 11.5 Å². The number of hydrogen-bond donors (Lipinski definition) is 2. The first-order valence-electron chi connectivity index (χ1n) is 12.9. The number of hydrogen-bond acceptors (Lipinski definition) is 6. The van der Waals surface area contributed by atoms with Gasteiger partial charge in [-0.15, -0.1) is 0 Å². The molecule has 2 N–H and O–H groups in total. The summed E-state index contributed by atoms with van der Waals surface area (Å²) in [5.41, 5.74) is 3.86. The minimum atomic E-state index is -3.62. The molecular formula is C29H32N2O6S. The van der Waals surface area contributed by atoms with Crippen molar-refractivity contribution >= 4 is 21.6 Å². The van der Waals surface area contributed by atoms with E-state index >= 15 is 0 Å². The van der Waals surface area contributed by atoms with Crippen LogP contribution in [0, 0.1) is 6.92 Å². The summed E-state index contributed by atoms with van der Waals surface area (Å²) in [5.74, 6) is 1.32. The summed E-state index contributed by atoms with van der Waals surface area (Å²) in [4.78, 5) is 13.6. The maximum atomic E-state index is 13.4. The van der Waals surface area contributed by atoms with Gasteiger partial charge in [0.2, 0.25) is 22.7 Å². The van der Waals surface area contributed by atoms with Gasteiger partial charge in [0.15, 0.2) is 11.5 Å². The SMILES string of the molecule is Cc1ccc(NC(=O)C2(c3ccc4c(c3)OCO4)CC2)cc1-c1ccc(S(=O)(=O)NC[C@H]2CCCO2)cc1.[HH]. The number of rotatable bonds is 8. The average Bonchev–Trinajstić information content (AvgIpc) is 3.32. The number of sulfonamides is 1. The number of ether oxygens (including phenoxy) is 3. The van der Waals surface area contributed by atoms with Crippen LogP contribution in [0.1, 0.15) is 38.2 Å². The predicted molar refractivity (Wildman–Crippen MR) is 145 cm³/mol. The summed E-state index contributed by atoms with van der Waals surface area (Å²) < 4.78 is 44.5. The molecule has 3 aromatic carbocycles. The highest BCUT2D eigenvalue weighted by Gasteiger charge is 2.51. The topological polar surface area (TPSA) is 103 Å². The molecule has 2 fully saturated rings. The lowest BCUT2D eigenvalue weighted by Gasteiger charge is -2.17. The normalized spacial score (nSPS) is 19.3. The molecule has 200 valence electrons. The lowest BCUT2D eigenvalue weighted by Crippen LogP contribution is -2.31. The smallest absolute Gasteiger partial charge is 0.240 e. The zero-order valence-electron chi connectivity index (χ0n) is 21.2. The van der Waals surface area contributed by atoms with Crippen LogP contribution in [0.25, 0.3) is 11.1 Å². The van der Waals surface area contributed by atoms with Gasteiger partial charge < -0.3 is 19.5 Å². The van der Waals surface area contributed by atoms with Crippen LogP contribution in [-0.2, 0) is 25.0 Å². The third-order valence-corrected chi connectivity index (χ3v) is 9.05. The Morgan fingerprint density at radius 3 is 2.55 bits per heavy atom. The van der Waals surface area contributed by atoms with Crippen LogP contribution in [0.15, 0.2) is 65.6 Å². The van der Waals surface area contributed by atoms with E-state index in [1.807, 2.05) is 43.3 Å². The van der Waals surface area contributed by atoms with E-state index in [0.717, 1.165) is 47.9 Å². The molecule has 38 heavy (non-hydrogen) atoms. The van der Waals surface area contributed by atoms with Crippen molar-refractivity contribution < 1.29 is 28.8 Å². The van der Waals surface area contributed by atoms with Crippen molar-refractivity contribution in [2.75, 3.05) is 25.3 Å². The molecule has 2 heterocycles. The number of carbonyl (C=O) groups excluding carboxylic acids is 1. The molecule has 1 saturated heterocycles. The summed E-state index contributed by atoms with van der Waals surface area (Å²) in [6.07, 6.45) is 3.30. The van der Waals surface area contributed by atoms with Gasteiger partial charge in [-0.2, -0.15) is 0 Å². The first-order chi connectivity index (χ1) is 18.3. The number of fused-ring (bicyclic) bond motifs is 1. The number of nitrogens with one attached hydrogen (secondary N) is 2. The second-order valence-electron chi connectivity index (χ2n) is 10.1. The molecule has 3 aromatic rings. The van der Waals surface area contributed by atoms with E-state index in [1.54, 1.807) is 24.3 Å². The molecule has 1 saturated carbocycles. The van der Waals surface area contributed by atoms with Gasteiger partial charge in [-0.05, 0) is 91.3 Å². The fraction of sp³-hybridized carbons (Fsp3) is 0.345. The molecule has 8 nitrogen and oxygen atoms in total. The van der Waals surface area contributed by atoms with Crippen LogP contribution in [0.3, 0.4) is 0 Å². The first kappa shape index (κ1) is 24.9. The fourth-order valence-corrected chi connectivity index (χ4v) is 6.20. The van der Waals surface area contributed by atoms with Crippen LogP contribution >= 0.6 is 0 Å². The second kappa shape index (κ2) is 9.72. The van der Waals surface area contributed by atoms with E-state index in [4.69, 9.17) is 14.2 Å². The molecule has 0 aromatic heterocycles. The molecule has 9 heteroatoms. The van der Waals surface area contributed by atoms with Crippen molar-refractivity contribution in [2.24, 2.45) is 0 Å². The van der Waals surface area contributed by atoms with E-state index in [1.165, 1.54) is 0 Å².